The zero-order valence-electron chi connectivity index (χ0n) is 11.6. The van der Waals surface area contributed by atoms with Crippen molar-refractivity contribution in [1.82, 2.24) is 4.90 Å². The van der Waals surface area contributed by atoms with Gasteiger partial charge in [0, 0.05) is 23.5 Å². The van der Waals surface area contributed by atoms with Gasteiger partial charge in [0.2, 0.25) is 0 Å². The Hall–Kier alpha value is -1.62. The highest BCUT2D eigenvalue weighted by atomic mass is 35.5. The van der Waals surface area contributed by atoms with Gasteiger partial charge in [0.1, 0.15) is 0 Å². The van der Waals surface area contributed by atoms with Crippen LogP contribution in [0.3, 0.4) is 0 Å². The predicted octanol–water partition coefficient (Wildman–Crippen LogP) is 3.69. The van der Waals surface area contributed by atoms with Gasteiger partial charge in [-0.15, -0.1) is 17.9 Å². The Morgan fingerprint density at radius 2 is 2.00 bits per heavy atom. The van der Waals surface area contributed by atoms with Crippen molar-refractivity contribution < 1.29 is 4.79 Å². The van der Waals surface area contributed by atoms with Crippen molar-refractivity contribution in [2.75, 3.05) is 6.54 Å². The fourth-order valence-corrected chi connectivity index (χ4v) is 3.07. The quantitative estimate of drug-likeness (QED) is 0.825. The van der Waals surface area contributed by atoms with Gasteiger partial charge >= 0.3 is 0 Å². The molecule has 1 amide bonds. The molecule has 0 unspecified atom stereocenters. The minimum Gasteiger partial charge on any atom is -0.330 e. The maximum absolute atomic E-state index is 12.6. The van der Waals surface area contributed by atoms with Crippen LogP contribution in [0.2, 0.25) is 4.34 Å². The molecule has 3 nitrogen and oxygen atoms in total. The summed E-state index contributed by atoms with van der Waals surface area (Å²) in [7, 11) is 0. The third-order valence-electron chi connectivity index (χ3n) is 3.05. The fraction of sp³-hybridized carbons (Fsp3) is 0.188. The molecule has 110 valence electrons. The monoisotopic (exact) mass is 320 g/mol. The van der Waals surface area contributed by atoms with E-state index < -0.39 is 0 Å². The van der Waals surface area contributed by atoms with Gasteiger partial charge in [-0.3, -0.25) is 4.79 Å². The molecule has 0 radical (unpaired) electrons. The highest BCUT2D eigenvalue weighted by Gasteiger charge is 2.15. The summed E-state index contributed by atoms with van der Waals surface area (Å²) in [6.45, 7) is 5.21. The van der Waals surface area contributed by atoms with Crippen molar-refractivity contribution in [2.24, 2.45) is 5.73 Å². The molecule has 2 aromatic rings. The average Bonchev–Trinajstić information content (AvgIpc) is 2.91. The van der Waals surface area contributed by atoms with Gasteiger partial charge in [-0.1, -0.05) is 29.8 Å². The summed E-state index contributed by atoms with van der Waals surface area (Å²) in [6, 6.07) is 11.1. The lowest BCUT2D eigenvalue weighted by Gasteiger charge is -2.20. The summed E-state index contributed by atoms with van der Waals surface area (Å²) in [5.74, 6) is -0.0250. The first-order valence-electron chi connectivity index (χ1n) is 6.57. The van der Waals surface area contributed by atoms with Crippen LogP contribution in [0, 0.1) is 0 Å². The van der Waals surface area contributed by atoms with E-state index in [9.17, 15) is 4.79 Å². The summed E-state index contributed by atoms with van der Waals surface area (Å²) in [5.41, 5.74) is 7.22. The molecular formula is C16H17ClN2OS. The third-order valence-corrected chi connectivity index (χ3v) is 4.26. The average molecular weight is 321 g/mol. The standard InChI is InChI=1S/C16H17ClN2OS/c1-2-9-19(11-14-7-8-15(17)21-14)16(20)13-5-3-12(10-18)4-6-13/h2-8H,1,9-11,18H2. The SMILES string of the molecule is C=CCN(Cc1ccc(Cl)s1)C(=O)c1ccc(CN)cc1. The predicted molar refractivity (Wildman–Crippen MR) is 88.6 cm³/mol. The number of nitrogens with zero attached hydrogens (tertiary/aromatic N) is 1. The molecule has 2 rings (SSSR count). The van der Waals surface area contributed by atoms with E-state index in [1.165, 1.54) is 11.3 Å². The zero-order chi connectivity index (χ0) is 15.2. The highest BCUT2D eigenvalue weighted by Crippen LogP contribution is 2.23. The van der Waals surface area contributed by atoms with Crippen molar-refractivity contribution in [3.63, 3.8) is 0 Å². The number of nitrogens with two attached hydrogens (primary N) is 1. The first-order valence-corrected chi connectivity index (χ1v) is 7.77. The molecule has 0 aliphatic heterocycles. The lowest BCUT2D eigenvalue weighted by Crippen LogP contribution is -2.30. The minimum atomic E-state index is -0.0250. The minimum absolute atomic E-state index is 0.0250. The van der Waals surface area contributed by atoms with E-state index in [2.05, 4.69) is 6.58 Å². The zero-order valence-corrected chi connectivity index (χ0v) is 13.2. The maximum atomic E-state index is 12.6. The molecular weight excluding hydrogens is 304 g/mol. The van der Waals surface area contributed by atoms with E-state index in [1.807, 2.05) is 36.4 Å². The number of hydrogen-bond donors (Lipinski definition) is 1. The van der Waals surface area contributed by atoms with Crippen molar-refractivity contribution in [3.05, 3.63) is 69.4 Å². The topological polar surface area (TPSA) is 46.3 Å². The molecule has 0 aliphatic rings. The number of rotatable bonds is 6. The van der Waals surface area contributed by atoms with E-state index in [-0.39, 0.29) is 5.91 Å². The second kappa shape index (κ2) is 7.41. The summed E-state index contributed by atoms with van der Waals surface area (Å²) >= 11 is 7.42. The summed E-state index contributed by atoms with van der Waals surface area (Å²) in [6.07, 6.45) is 1.72. The van der Waals surface area contributed by atoms with Crippen LogP contribution in [0.25, 0.3) is 0 Å². The number of halogens is 1. The maximum Gasteiger partial charge on any atom is 0.254 e. The third kappa shape index (κ3) is 4.17. The normalized spacial score (nSPS) is 10.4. The molecule has 0 aliphatic carbocycles. The van der Waals surface area contributed by atoms with Gasteiger partial charge in [0.15, 0.2) is 0 Å². The van der Waals surface area contributed by atoms with Crippen molar-refractivity contribution in [2.45, 2.75) is 13.1 Å². The Kier molecular flexibility index (Phi) is 5.56. The molecule has 0 saturated heterocycles. The van der Waals surface area contributed by atoms with Crippen molar-refractivity contribution in [1.29, 1.82) is 0 Å². The molecule has 0 bridgehead atoms. The second-order valence-electron chi connectivity index (χ2n) is 4.58. The number of benzene rings is 1. The van der Waals surface area contributed by atoms with Gasteiger partial charge < -0.3 is 10.6 Å². The molecule has 1 aromatic carbocycles. The van der Waals surface area contributed by atoms with Crippen molar-refractivity contribution in [3.8, 4) is 0 Å². The van der Waals surface area contributed by atoms with Crippen LogP contribution in [0.1, 0.15) is 20.8 Å². The summed E-state index contributed by atoms with van der Waals surface area (Å²) in [5, 5.41) is 0. The Bertz CT molecular complexity index is 621. The van der Waals surface area contributed by atoms with Crippen LogP contribution in [-0.2, 0) is 13.1 Å². The van der Waals surface area contributed by atoms with Crippen LogP contribution in [-0.4, -0.2) is 17.4 Å². The Balaban J connectivity index is 2.15. The molecule has 1 aromatic heterocycles. The Morgan fingerprint density at radius 1 is 1.29 bits per heavy atom. The van der Waals surface area contributed by atoms with E-state index in [1.54, 1.807) is 11.0 Å². The summed E-state index contributed by atoms with van der Waals surface area (Å²) in [4.78, 5) is 15.4. The van der Waals surface area contributed by atoms with Gasteiger partial charge in [0.05, 0.1) is 10.9 Å². The van der Waals surface area contributed by atoms with Crippen LogP contribution < -0.4 is 5.73 Å². The van der Waals surface area contributed by atoms with E-state index in [4.69, 9.17) is 17.3 Å². The van der Waals surface area contributed by atoms with Gasteiger partial charge in [-0.05, 0) is 29.8 Å². The van der Waals surface area contributed by atoms with E-state index in [0.29, 0.717) is 25.2 Å². The highest BCUT2D eigenvalue weighted by molar-refractivity contribution is 7.16. The van der Waals surface area contributed by atoms with Crippen LogP contribution in [0.15, 0.2) is 49.1 Å². The van der Waals surface area contributed by atoms with Crippen molar-refractivity contribution >= 4 is 28.8 Å². The Morgan fingerprint density at radius 3 is 2.52 bits per heavy atom. The van der Waals surface area contributed by atoms with Crippen LogP contribution in [0.5, 0.6) is 0 Å². The molecule has 0 saturated carbocycles. The first kappa shape index (κ1) is 15.8. The van der Waals surface area contributed by atoms with Gasteiger partial charge in [-0.25, -0.2) is 0 Å². The lowest BCUT2D eigenvalue weighted by atomic mass is 10.1. The lowest BCUT2D eigenvalue weighted by molar-refractivity contribution is 0.0764. The molecule has 0 fully saturated rings. The first-order chi connectivity index (χ1) is 10.1. The molecule has 0 atom stereocenters. The molecule has 1 heterocycles. The second-order valence-corrected chi connectivity index (χ2v) is 6.38. The number of hydrogen-bond acceptors (Lipinski definition) is 3. The number of amides is 1. The van der Waals surface area contributed by atoms with E-state index in [0.717, 1.165) is 14.8 Å². The molecule has 2 N–H and O–H groups in total. The van der Waals surface area contributed by atoms with E-state index >= 15 is 0 Å². The smallest absolute Gasteiger partial charge is 0.254 e. The van der Waals surface area contributed by atoms with Gasteiger partial charge in [0.25, 0.3) is 5.91 Å². The molecule has 21 heavy (non-hydrogen) atoms. The van der Waals surface area contributed by atoms with Crippen LogP contribution >= 0.6 is 22.9 Å². The summed E-state index contributed by atoms with van der Waals surface area (Å²) < 4.78 is 0.725. The van der Waals surface area contributed by atoms with Gasteiger partial charge in [-0.2, -0.15) is 0 Å². The number of carbonyl (C=O) groups is 1. The van der Waals surface area contributed by atoms with Crippen LogP contribution in [0.4, 0.5) is 0 Å². The number of thiophene rings is 1. The Labute approximate surface area is 133 Å². The largest absolute Gasteiger partial charge is 0.330 e. The fourth-order valence-electron chi connectivity index (χ4n) is 1.97. The molecule has 5 heteroatoms. The molecule has 0 spiro atoms. The number of carbonyl (C=O) groups excluding carboxylic acids is 1.